The Labute approximate surface area is 160 Å². The highest BCUT2D eigenvalue weighted by molar-refractivity contribution is 5.70. The van der Waals surface area contributed by atoms with Crippen LogP contribution in [0.2, 0.25) is 0 Å². The Hall–Kier alpha value is -2.53. The first kappa shape index (κ1) is 19.2. The van der Waals surface area contributed by atoms with E-state index in [1.807, 2.05) is 37.3 Å². The molecule has 1 fully saturated rings. The molecule has 0 radical (unpaired) electrons. The molecule has 1 saturated heterocycles. The molecule has 1 heterocycles. The Morgan fingerprint density at radius 2 is 1.81 bits per heavy atom. The molecule has 1 atom stereocenters. The largest absolute Gasteiger partial charge is 0.493 e. The Kier molecular flexibility index (Phi) is 6.35. The quantitative estimate of drug-likeness (QED) is 0.800. The van der Waals surface area contributed by atoms with Gasteiger partial charge in [-0.25, -0.2) is 0 Å². The average molecular weight is 369 g/mol. The van der Waals surface area contributed by atoms with E-state index in [-0.39, 0.29) is 12.0 Å². The van der Waals surface area contributed by atoms with Gasteiger partial charge in [0.05, 0.1) is 25.7 Å². The molecule has 5 nitrogen and oxygen atoms in total. The zero-order valence-corrected chi connectivity index (χ0v) is 15.9. The van der Waals surface area contributed by atoms with Crippen LogP contribution in [0.3, 0.4) is 0 Å². The summed E-state index contributed by atoms with van der Waals surface area (Å²) in [5.74, 6) is 0.525. The summed E-state index contributed by atoms with van der Waals surface area (Å²) in [6.07, 6.45) is 1.35. The molecule has 1 unspecified atom stereocenters. The predicted molar refractivity (Wildman–Crippen MR) is 104 cm³/mol. The van der Waals surface area contributed by atoms with Crippen LogP contribution < -0.4 is 9.47 Å². The molecular weight excluding hydrogens is 342 g/mol. The molecule has 1 aliphatic heterocycles. The fourth-order valence-corrected chi connectivity index (χ4v) is 3.79. The molecular formula is C22H27NO4. The van der Waals surface area contributed by atoms with Crippen LogP contribution in [0.25, 0.3) is 0 Å². The summed E-state index contributed by atoms with van der Waals surface area (Å²) in [4.78, 5) is 13.7. The summed E-state index contributed by atoms with van der Waals surface area (Å²) in [7, 11) is 1.64. The van der Waals surface area contributed by atoms with Crippen molar-refractivity contribution in [1.29, 1.82) is 0 Å². The molecule has 2 aromatic carbocycles. The number of hydrogen-bond acceptors (Lipinski definition) is 4. The third kappa shape index (κ3) is 4.42. The van der Waals surface area contributed by atoms with E-state index in [1.54, 1.807) is 7.11 Å². The van der Waals surface area contributed by atoms with E-state index in [1.165, 1.54) is 5.56 Å². The molecule has 0 bridgehead atoms. The first-order chi connectivity index (χ1) is 13.1. The first-order valence-corrected chi connectivity index (χ1v) is 9.46. The van der Waals surface area contributed by atoms with Gasteiger partial charge in [0.1, 0.15) is 0 Å². The lowest BCUT2D eigenvalue weighted by Gasteiger charge is -2.37. The number of aliphatic carboxylic acids is 1. The minimum atomic E-state index is -0.686. The molecule has 0 aliphatic carbocycles. The van der Waals surface area contributed by atoms with Crippen molar-refractivity contribution in [1.82, 2.24) is 4.90 Å². The molecule has 5 heteroatoms. The lowest BCUT2D eigenvalue weighted by Crippen LogP contribution is -2.39. The maximum Gasteiger partial charge on any atom is 0.306 e. The van der Waals surface area contributed by atoms with Crippen LogP contribution >= 0.6 is 0 Å². The maximum absolute atomic E-state index is 11.3. The van der Waals surface area contributed by atoms with Gasteiger partial charge < -0.3 is 14.6 Å². The van der Waals surface area contributed by atoms with Crippen LogP contribution in [0.15, 0.2) is 48.5 Å². The van der Waals surface area contributed by atoms with Crippen molar-refractivity contribution >= 4 is 5.97 Å². The van der Waals surface area contributed by atoms with Crippen LogP contribution in [0.5, 0.6) is 11.5 Å². The zero-order valence-electron chi connectivity index (χ0n) is 15.9. The van der Waals surface area contributed by atoms with Gasteiger partial charge in [-0.05, 0) is 56.1 Å². The van der Waals surface area contributed by atoms with Gasteiger partial charge in [0.25, 0.3) is 0 Å². The molecule has 0 saturated carbocycles. The van der Waals surface area contributed by atoms with E-state index < -0.39 is 5.97 Å². The summed E-state index contributed by atoms with van der Waals surface area (Å²) in [5.41, 5.74) is 2.32. The van der Waals surface area contributed by atoms with E-state index in [0.717, 1.165) is 30.2 Å². The number of likely N-dealkylation sites (tertiary alicyclic amines) is 1. The van der Waals surface area contributed by atoms with Gasteiger partial charge in [-0.2, -0.15) is 0 Å². The van der Waals surface area contributed by atoms with E-state index in [2.05, 4.69) is 23.1 Å². The molecule has 3 rings (SSSR count). The standard InChI is InChI=1S/C22H27NO4/c1-3-27-20-15-18(9-10-19(20)26-2)21(16-7-5-4-6-8-16)23-13-11-17(12-14-23)22(24)25/h4-10,15,17,21H,3,11-14H2,1-2H3,(H,24,25). The number of piperidine rings is 1. The Morgan fingerprint density at radius 1 is 1.11 bits per heavy atom. The number of hydrogen-bond donors (Lipinski definition) is 1. The van der Waals surface area contributed by atoms with Gasteiger partial charge in [-0.15, -0.1) is 0 Å². The van der Waals surface area contributed by atoms with Gasteiger partial charge in [0, 0.05) is 0 Å². The Morgan fingerprint density at radius 3 is 2.41 bits per heavy atom. The summed E-state index contributed by atoms with van der Waals surface area (Å²) in [5, 5.41) is 9.30. The molecule has 0 aromatic heterocycles. The van der Waals surface area contributed by atoms with Crippen molar-refractivity contribution in [3.8, 4) is 11.5 Å². The maximum atomic E-state index is 11.3. The Bertz CT molecular complexity index is 754. The highest BCUT2D eigenvalue weighted by Crippen LogP contribution is 2.37. The molecule has 2 aromatic rings. The van der Waals surface area contributed by atoms with E-state index >= 15 is 0 Å². The molecule has 0 spiro atoms. The minimum Gasteiger partial charge on any atom is -0.493 e. The molecule has 27 heavy (non-hydrogen) atoms. The van der Waals surface area contributed by atoms with E-state index in [0.29, 0.717) is 19.4 Å². The fourth-order valence-electron chi connectivity index (χ4n) is 3.79. The molecule has 1 N–H and O–H groups in total. The second kappa shape index (κ2) is 8.91. The van der Waals surface area contributed by atoms with Gasteiger partial charge in [0.15, 0.2) is 11.5 Å². The SMILES string of the molecule is CCOc1cc(C(c2ccccc2)N2CCC(C(=O)O)CC2)ccc1OC. The summed E-state index contributed by atoms with van der Waals surface area (Å²) >= 11 is 0. The number of carboxylic acids is 1. The van der Waals surface area contributed by atoms with Gasteiger partial charge in [-0.3, -0.25) is 9.69 Å². The van der Waals surface area contributed by atoms with Crippen molar-refractivity contribution in [2.24, 2.45) is 5.92 Å². The lowest BCUT2D eigenvalue weighted by atomic mass is 9.91. The average Bonchev–Trinajstić information content (AvgIpc) is 2.70. The minimum absolute atomic E-state index is 0.0612. The highest BCUT2D eigenvalue weighted by Gasteiger charge is 2.30. The van der Waals surface area contributed by atoms with Gasteiger partial charge in [0.2, 0.25) is 0 Å². The van der Waals surface area contributed by atoms with E-state index in [4.69, 9.17) is 9.47 Å². The monoisotopic (exact) mass is 369 g/mol. The van der Waals surface area contributed by atoms with E-state index in [9.17, 15) is 9.90 Å². The van der Waals surface area contributed by atoms with Crippen molar-refractivity contribution in [3.05, 3.63) is 59.7 Å². The summed E-state index contributed by atoms with van der Waals surface area (Å²) in [6, 6.07) is 16.5. The van der Waals surface area contributed by atoms with Crippen LogP contribution in [0.4, 0.5) is 0 Å². The summed E-state index contributed by atoms with van der Waals surface area (Å²) < 4.78 is 11.2. The van der Waals surface area contributed by atoms with Crippen LogP contribution in [-0.2, 0) is 4.79 Å². The number of rotatable bonds is 7. The van der Waals surface area contributed by atoms with Gasteiger partial charge in [-0.1, -0.05) is 36.4 Å². The van der Waals surface area contributed by atoms with Crippen LogP contribution in [0.1, 0.15) is 36.9 Å². The third-order valence-corrected chi connectivity index (χ3v) is 5.16. The second-order valence-corrected chi connectivity index (χ2v) is 6.81. The number of carbonyl (C=O) groups is 1. The lowest BCUT2D eigenvalue weighted by molar-refractivity contribution is -0.143. The van der Waals surface area contributed by atoms with Crippen molar-refractivity contribution < 1.29 is 19.4 Å². The number of carboxylic acid groups (broad SMARTS) is 1. The zero-order chi connectivity index (χ0) is 19.2. The second-order valence-electron chi connectivity index (χ2n) is 6.81. The fraction of sp³-hybridized carbons (Fsp3) is 0.409. The normalized spacial score (nSPS) is 16.7. The number of ether oxygens (including phenoxy) is 2. The van der Waals surface area contributed by atoms with Crippen molar-refractivity contribution in [2.45, 2.75) is 25.8 Å². The number of nitrogens with zero attached hydrogens (tertiary/aromatic N) is 1. The number of methoxy groups -OCH3 is 1. The van der Waals surface area contributed by atoms with Gasteiger partial charge >= 0.3 is 5.97 Å². The topological polar surface area (TPSA) is 59.0 Å². The third-order valence-electron chi connectivity index (χ3n) is 5.16. The molecule has 144 valence electrons. The van der Waals surface area contributed by atoms with Crippen molar-refractivity contribution in [2.75, 3.05) is 26.8 Å². The summed E-state index contributed by atoms with van der Waals surface area (Å²) in [6.45, 7) is 4.04. The molecule has 0 amide bonds. The highest BCUT2D eigenvalue weighted by atomic mass is 16.5. The van der Waals surface area contributed by atoms with Crippen LogP contribution in [-0.4, -0.2) is 42.8 Å². The van der Waals surface area contributed by atoms with Crippen LogP contribution in [0, 0.1) is 5.92 Å². The predicted octanol–water partition coefficient (Wildman–Crippen LogP) is 3.98. The van der Waals surface area contributed by atoms with Crippen molar-refractivity contribution in [3.63, 3.8) is 0 Å². The molecule has 1 aliphatic rings. The first-order valence-electron chi connectivity index (χ1n) is 9.46. The smallest absolute Gasteiger partial charge is 0.306 e. The number of benzene rings is 2. The Balaban J connectivity index is 1.94.